The van der Waals surface area contributed by atoms with Crippen molar-refractivity contribution in [3.05, 3.63) is 35.9 Å². The Hall–Kier alpha value is -1.82. The minimum atomic E-state index is -0.523. The van der Waals surface area contributed by atoms with E-state index in [9.17, 15) is 9.59 Å². The van der Waals surface area contributed by atoms with Crippen LogP contribution in [0, 0.1) is 0 Å². The fraction of sp³-hybridized carbons (Fsp3) is 0.357. The normalized spacial score (nSPS) is 21.6. The number of benzene rings is 1. The maximum Gasteiger partial charge on any atom is 0.240 e. The van der Waals surface area contributed by atoms with Crippen LogP contribution in [0.25, 0.3) is 0 Å². The van der Waals surface area contributed by atoms with Crippen molar-refractivity contribution in [3.8, 4) is 0 Å². The summed E-state index contributed by atoms with van der Waals surface area (Å²) in [5.41, 5.74) is 1.12. The average Bonchev–Trinajstić information content (AvgIpc) is 2.66. The molecule has 0 saturated heterocycles. The number of amidine groups is 1. The number of amides is 2. The summed E-state index contributed by atoms with van der Waals surface area (Å²) in [6.07, 6.45) is 0.657. The highest BCUT2D eigenvalue weighted by Crippen LogP contribution is 2.39. The molecule has 0 radical (unpaired) electrons. The Morgan fingerprint density at radius 2 is 1.95 bits per heavy atom. The van der Waals surface area contributed by atoms with Crippen LogP contribution < -0.4 is 5.32 Å². The quantitative estimate of drug-likeness (QED) is 0.906. The maximum absolute atomic E-state index is 11.8. The van der Waals surface area contributed by atoms with Crippen molar-refractivity contribution in [2.75, 3.05) is 0 Å². The van der Waals surface area contributed by atoms with Gasteiger partial charge in [0.25, 0.3) is 0 Å². The number of nitrogens with one attached hydrogen (secondary N) is 1. The monoisotopic (exact) mass is 291 g/mol. The molecule has 106 valence electrons. The van der Waals surface area contributed by atoms with E-state index in [1.807, 2.05) is 37.3 Å². The summed E-state index contributed by atoms with van der Waals surface area (Å²) < 4.78 is 0. The molecule has 1 N–H and O–H groups in total. The summed E-state index contributed by atoms with van der Waals surface area (Å²) >= 11 is 1.40. The Balaban J connectivity index is 2.21. The van der Waals surface area contributed by atoms with Crippen LogP contribution in [-0.4, -0.2) is 26.9 Å². The first-order chi connectivity index (χ1) is 9.40. The van der Waals surface area contributed by atoms with Crippen molar-refractivity contribution < 1.29 is 9.59 Å². The lowest BCUT2D eigenvalue weighted by atomic mass is 10.1. The van der Waals surface area contributed by atoms with Gasteiger partial charge in [-0.15, -0.1) is 5.10 Å². The molecule has 2 rings (SSSR count). The molecule has 1 aromatic rings. The van der Waals surface area contributed by atoms with E-state index in [1.165, 1.54) is 30.6 Å². The lowest BCUT2D eigenvalue weighted by molar-refractivity contribution is -0.131. The first kappa shape index (κ1) is 14.6. The zero-order chi connectivity index (χ0) is 14.8. The molecule has 0 saturated carbocycles. The predicted molar refractivity (Wildman–Crippen MR) is 79.9 cm³/mol. The molecular weight excluding hydrogens is 274 g/mol. The smallest absolute Gasteiger partial charge is 0.240 e. The van der Waals surface area contributed by atoms with Crippen molar-refractivity contribution in [3.63, 3.8) is 0 Å². The second-order valence-electron chi connectivity index (χ2n) is 4.86. The van der Waals surface area contributed by atoms with Crippen molar-refractivity contribution in [2.24, 2.45) is 5.10 Å². The SMILES string of the molecule is CC(=O)NC1=NN(C(C)=O)[C@](C)(Cc2ccccc2)S1. The molecule has 0 aliphatic carbocycles. The topological polar surface area (TPSA) is 61.8 Å². The number of hydrazone groups is 1. The van der Waals surface area contributed by atoms with E-state index < -0.39 is 4.87 Å². The summed E-state index contributed by atoms with van der Waals surface area (Å²) in [5.74, 6) is -0.333. The Morgan fingerprint density at radius 1 is 1.30 bits per heavy atom. The second-order valence-corrected chi connectivity index (χ2v) is 6.33. The molecule has 5 nitrogen and oxygen atoms in total. The van der Waals surface area contributed by atoms with Gasteiger partial charge in [-0.25, -0.2) is 5.01 Å². The predicted octanol–water partition coefficient (Wildman–Crippen LogP) is 1.95. The van der Waals surface area contributed by atoms with E-state index in [-0.39, 0.29) is 11.8 Å². The first-order valence-corrected chi connectivity index (χ1v) is 7.12. The Labute approximate surface area is 122 Å². The van der Waals surface area contributed by atoms with Crippen LogP contribution in [0.5, 0.6) is 0 Å². The van der Waals surface area contributed by atoms with Crippen LogP contribution in [0.2, 0.25) is 0 Å². The van der Waals surface area contributed by atoms with Crippen molar-refractivity contribution in [2.45, 2.75) is 32.1 Å². The van der Waals surface area contributed by atoms with Crippen LogP contribution >= 0.6 is 11.8 Å². The molecule has 0 fully saturated rings. The largest absolute Gasteiger partial charge is 0.304 e. The van der Waals surface area contributed by atoms with E-state index in [4.69, 9.17) is 0 Å². The highest BCUT2D eigenvalue weighted by atomic mass is 32.2. The number of carbonyl (C=O) groups excluding carboxylic acids is 2. The molecule has 6 heteroatoms. The third-order valence-corrected chi connectivity index (χ3v) is 4.05. The third-order valence-electron chi connectivity index (χ3n) is 2.91. The lowest BCUT2D eigenvalue weighted by Gasteiger charge is -2.30. The summed E-state index contributed by atoms with van der Waals surface area (Å²) in [4.78, 5) is 22.4. The van der Waals surface area contributed by atoms with Gasteiger partial charge in [-0.1, -0.05) is 42.1 Å². The van der Waals surface area contributed by atoms with Gasteiger partial charge in [0.15, 0.2) is 5.17 Å². The van der Waals surface area contributed by atoms with E-state index in [1.54, 1.807) is 0 Å². The van der Waals surface area contributed by atoms with Gasteiger partial charge in [0.1, 0.15) is 4.87 Å². The molecule has 2 amide bonds. The minimum Gasteiger partial charge on any atom is -0.304 e. The van der Waals surface area contributed by atoms with Crippen LogP contribution in [0.15, 0.2) is 35.4 Å². The Morgan fingerprint density at radius 3 is 2.50 bits per heavy atom. The number of hydrogen-bond donors (Lipinski definition) is 1. The van der Waals surface area contributed by atoms with Crippen LogP contribution in [0.1, 0.15) is 26.3 Å². The van der Waals surface area contributed by atoms with Gasteiger partial charge in [0.2, 0.25) is 11.8 Å². The maximum atomic E-state index is 11.8. The average molecular weight is 291 g/mol. The molecule has 20 heavy (non-hydrogen) atoms. The summed E-state index contributed by atoms with van der Waals surface area (Å²) in [7, 11) is 0. The summed E-state index contributed by atoms with van der Waals surface area (Å²) in [6.45, 7) is 4.85. The zero-order valence-corrected chi connectivity index (χ0v) is 12.5. The molecule has 0 aromatic heterocycles. The Bertz CT molecular complexity index is 559. The van der Waals surface area contributed by atoms with E-state index in [0.717, 1.165) is 5.56 Å². The zero-order valence-electron chi connectivity index (χ0n) is 11.7. The number of nitrogens with zero attached hydrogens (tertiary/aromatic N) is 2. The van der Waals surface area contributed by atoms with Crippen LogP contribution in [-0.2, 0) is 16.0 Å². The molecular formula is C14H17N3O2S. The van der Waals surface area contributed by atoms with Gasteiger partial charge in [0.05, 0.1) is 0 Å². The van der Waals surface area contributed by atoms with Crippen LogP contribution in [0.4, 0.5) is 0 Å². The number of carbonyl (C=O) groups is 2. The lowest BCUT2D eigenvalue weighted by Crippen LogP contribution is -2.41. The van der Waals surface area contributed by atoms with E-state index in [0.29, 0.717) is 11.6 Å². The summed E-state index contributed by atoms with van der Waals surface area (Å²) in [5, 5.41) is 8.76. The van der Waals surface area contributed by atoms with Gasteiger partial charge < -0.3 is 5.32 Å². The fourth-order valence-corrected chi connectivity index (χ4v) is 3.39. The molecule has 1 aliphatic rings. The van der Waals surface area contributed by atoms with Crippen molar-refractivity contribution >= 4 is 28.7 Å². The van der Waals surface area contributed by atoms with Gasteiger partial charge in [-0.3, -0.25) is 9.59 Å². The molecule has 0 bridgehead atoms. The van der Waals surface area contributed by atoms with Gasteiger partial charge in [-0.2, -0.15) is 0 Å². The first-order valence-electron chi connectivity index (χ1n) is 6.31. The molecule has 1 aromatic carbocycles. The third kappa shape index (κ3) is 3.19. The molecule has 1 atom stereocenters. The van der Waals surface area contributed by atoms with Crippen LogP contribution in [0.3, 0.4) is 0 Å². The fourth-order valence-electron chi connectivity index (χ4n) is 2.16. The molecule has 0 spiro atoms. The van der Waals surface area contributed by atoms with Gasteiger partial charge >= 0.3 is 0 Å². The number of hydrogen-bond acceptors (Lipinski definition) is 4. The van der Waals surface area contributed by atoms with Gasteiger partial charge in [-0.05, 0) is 12.5 Å². The van der Waals surface area contributed by atoms with Crippen molar-refractivity contribution in [1.82, 2.24) is 10.3 Å². The van der Waals surface area contributed by atoms with Crippen molar-refractivity contribution in [1.29, 1.82) is 0 Å². The minimum absolute atomic E-state index is 0.142. The number of thioether (sulfide) groups is 1. The highest BCUT2D eigenvalue weighted by Gasteiger charge is 2.42. The summed E-state index contributed by atoms with van der Waals surface area (Å²) in [6, 6.07) is 9.91. The molecule has 0 unspecified atom stereocenters. The Kier molecular flexibility index (Phi) is 4.13. The van der Waals surface area contributed by atoms with Gasteiger partial charge in [0, 0.05) is 20.3 Å². The second kappa shape index (κ2) is 5.66. The molecule has 1 heterocycles. The number of rotatable bonds is 2. The standard InChI is InChI=1S/C14H17N3O2S/c1-10(18)15-13-16-17(11(2)19)14(3,20-13)9-12-7-5-4-6-8-12/h4-8H,9H2,1-3H3,(H,15,16,18)/t14-/m0/s1. The van der Waals surface area contributed by atoms with E-state index in [2.05, 4.69) is 10.4 Å². The highest BCUT2D eigenvalue weighted by molar-refractivity contribution is 8.15. The molecule has 1 aliphatic heterocycles. The van der Waals surface area contributed by atoms with E-state index >= 15 is 0 Å².